The van der Waals surface area contributed by atoms with Crippen LogP contribution < -0.4 is 5.32 Å². The van der Waals surface area contributed by atoms with Crippen LogP contribution in [0.2, 0.25) is 0 Å². The molecule has 0 heterocycles. The minimum atomic E-state index is -0.0313. The van der Waals surface area contributed by atoms with Gasteiger partial charge in [0.1, 0.15) is 5.82 Å². The lowest BCUT2D eigenvalue weighted by Gasteiger charge is -2.36. The molecule has 2 heteroatoms. The second-order valence-electron chi connectivity index (χ2n) is 6.37. The number of nitrogens with one attached hydrogen (secondary N) is 1. The van der Waals surface area contributed by atoms with Gasteiger partial charge in [0.05, 0.1) is 0 Å². The topological polar surface area (TPSA) is 12.0 Å². The van der Waals surface area contributed by atoms with Crippen LogP contribution in [0.25, 0.3) is 0 Å². The molecule has 0 amide bonds. The van der Waals surface area contributed by atoms with Gasteiger partial charge in [-0.15, -0.1) is 0 Å². The third-order valence-electron chi connectivity index (χ3n) is 4.35. The molecule has 0 spiro atoms. The summed E-state index contributed by atoms with van der Waals surface area (Å²) in [6.45, 7) is 7.64. The number of hydrogen-bond donors (Lipinski definition) is 1. The molecule has 0 aliphatic heterocycles. The van der Waals surface area contributed by atoms with E-state index in [9.17, 15) is 4.39 Å². The molecule has 1 aromatic rings. The van der Waals surface area contributed by atoms with Crippen LogP contribution in [0.3, 0.4) is 0 Å². The van der Waals surface area contributed by atoms with Crippen LogP contribution in [-0.2, 0) is 0 Å². The highest BCUT2D eigenvalue weighted by molar-refractivity contribution is 5.23. The van der Waals surface area contributed by atoms with Gasteiger partial charge >= 0.3 is 0 Å². The van der Waals surface area contributed by atoms with Crippen molar-refractivity contribution in [1.29, 1.82) is 0 Å². The maximum atomic E-state index is 14.1. The highest BCUT2D eigenvalue weighted by Gasteiger charge is 2.31. The maximum Gasteiger partial charge on any atom is 0.126 e. The quantitative estimate of drug-likeness (QED) is 0.852. The molecule has 1 aliphatic rings. The summed E-state index contributed by atoms with van der Waals surface area (Å²) in [5, 5.41) is 3.53. The predicted molar refractivity (Wildman–Crippen MR) is 78.8 cm³/mol. The van der Waals surface area contributed by atoms with Gasteiger partial charge in [-0.1, -0.05) is 45.4 Å². The van der Waals surface area contributed by atoms with Crippen LogP contribution in [0, 0.1) is 17.7 Å². The van der Waals surface area contributed by atoms with Gasteiger partial charge in [0, 0.05) is 6.04 Å². The fourth-order valence-electron chi connectivity index (χ4n) is 3.23. The van der Waals surface area contributed by atoms with Gasteiger partial charge < -0.3 is 5.32 Å². The Labute approximate surface area is 116 Å². The largest absolute Gasteiger partial charge is 0.314 e. The molecule has 1 aromatic carbocycles. The van der Waals surface area contributed by atoms with Crippen LogP contribution >= 0.6 is 0 Å². The van der Waals surface area contributed by atoms with Crippen molar-refractivity contribution in [3.05, 3.63) is 35.6 Å². The second-order valence-corrected chi connectivity index (χ2v) is 6.37. The monoisotopic (exact) mass is 263 g/mol. The van der Waals surface area contributed by atoms with Gasteiger partial charge in [-0.3, -0.25) is 0 Å². The Kier molecular flexibility index (Phi) is 4.98. The van der Waals surface area contributed by atoms with E-state index in [1.807, 2.05) is 12.1 Å². The maximum absolute atomic E-state index is 14.1. The van der Waals surface area contributed by atoms with E-state index in [1.54, 1.807) is 12.1 Å². The number of halogens is 1. The molecule has 3 atom stereocenters. The Morgan fingerprint density at radius 3 is 2.68 bits per heavy atom. The van der Waals surface area contributed by atoms with Crippen molar-refractivity contribution in [2.75, 3.05) is 6.54 Å². The Morgan fingerprint density at radius 1 is 1.26 bits per heavy atom. The highest BCUT2D eigenvalue weighted by atomic mass is 19.1. The van der Waals surface area contributed by atoms with Crippen LogP contribution in [0.15, 0.2) is 24.3 Å². The number of benzene rings is 1. The van der Waals surface area contributed by atoms with Crippen molar-refractivity contribution in [1.82, 2.24) is 5.32 Å². The van der Waals surface area contributed by atoms with Crippen LogP contribution in [0.5, 0.6) is 0 Å². The summed E-state index contributed by atoms with van der Waals surface area (Å²) in [6, 6.07) is 7.82. The van der Waals surface area contributed by atoms with Gasteiger partial charge in [-0.2, -0.15) is 0 Å². The molecule has 19 heavy (non-hydrogen) atoms. The summed E-state index contributed by atoms with van der Waals surface area (Å²) in [7, 11) is 0. The SMILES string of the molecule is CC1CCC(CNC(C)C)C(c2ccccc2F)C1. The zero-order valence-corrected chi connectivity index (χ0v) is 12.3. The Bertz CT molecular complexity index is 402. The van der Waals surface area contributed by atoms with Crippen molar-refractivity contribution in [2.24, 2.45) is 11.8 Å². The van der Waals surface area contributed by atoms with Crippen molar-refractivity contribution in [3.63, 3.8) is 0 Å². The Hall–Kier alpha value is -0.890. The minimum Gasteiger partial charge on any atom is -0.314 e. The summed E-state index contributed by atoms with van der Waals surface area (Å²) in [5.41, 5.74) is 0.921. The summed E-state index contributed by atoms with van der Waals surface area (Å²) in [5.74, 6) is 1.61. The fourth-order valence-corrected chi connectivity index (χ4v) is 3.23. The third kappa shape index (κ3) is 3.79. The molecule has 3 unspecified atom stereocenters. The Morgan fingerprint density at radius 2 is 2.00 bits per heavy atom. The van der Waals surface area contributed by atoms with E-state index in [0.717, 1.165) is 18.5 Å². The lowest BCUT2D eigenvalue weighted by atomic mass is 9.71. The molecule has 1 nitrogen and oxygen atoms in total. The van der Waals surface area contributed by atoms with Gasteiger partial charge in [-0.25, -0.2) is 4.39 Å². The van der Waals surface area contributed by atoms with Gasteiger partial charge in [0.15, 0.2) is 0 Å². The lowest BCUT2D eigenvalue weighted by Crippen LogP contribution is -2.35. The van der Waals surface area contributed by atoms with E-state index in [2.05, 4.69) is 26.1 Å². The first-order valence-corrected chi connectivity index (χ1v) is 7.55. The molecule has 0 aromatic heterocycles. The highest BCUT2D eigenvalue weighted by Crippen LogP contribution is 2.41. The van der Waals surface area contributed by atoms with Crippen LogP contribution in [0.1, 0.15) is 51.5 Å². The van der Waals surface area contributed by atoms with Crippen LogP contribution in [-0.4, -0.2) is 12.6 Å². The molecular formula is C17H26FN. The van der Waals surface area contributed by atoms with Gasteiger partial charge in [-0.05, 0) is 48.8 Å². The smallest absolute Gasteiger partial charge is 0.126 e. The molecule has 106 valence electrons. The molecule has 0 radical (unpaired) electrons. The molecule has 2 rings (SSSR count). The normalized spacial score (nSPS) is 27.7. The van der Waals surface area contributed by atoms with E-state index < -0.39 is 0 Å². The average Bonchev–Trinajstić information content (AvgIpc) is 2.37. The van der Waals surface area contributed by atoms with E-state index in [4.69, 9.17) is 0 Å². The summed E-state index contributed by atoms with van der Waals surface area (Å²) in [6.07, 6.45) is 3.60. The first kappa shape index (κ1) is 14.5. The van der Waals surface area contributed by atoms with E-state index in [1.165, 1.54) is 12.8 Å². The predicted octanol–water partition coefficient (Wildman–Crippen LogP) is 4.34. The Balaban J connectivity index is 2.14. The van der Waals surface area contributed by atoms with Gasteiger partial charge in [0.2, 0.25) is 0 Å². The number of hydrogen-bond acceptors (Lipinski definition) is 1. The molecule has 1 N–H and O–H groups in total. The minimum absolute atomic E-state index is 0.0313. The first-order chi connectivity index (χ1) is 9.08. The molecule has 0 saturated heterocycles. The van der Waals surface area contributed by atoms with E-state index in [-0.39, 0.29) is 5.82 Å². The van der Waals surface area contributed by atoms with E-state index >= 15 is 0 Å². The third-order valence-corrected chi connectivity index (χ3v) is 4.35. The summed E-state index contributed by atoms with van der Waals surface area (Å²) >= 11 is 0. The summed E-state index contributed by atoms with van der Waals surface area (Å²) < 4.78 is 14.1. The molecule has 1 aliphatic carbocycles. The van der Waals surface area contributed by atoms with Gasteiger partial charge in [0.25, 0.3) is 0 Å². The van der Waals surface area contributed by atoms with Crippen molar-refractivity contribution in [2.45, 2.75) is 52.0 Å². The zero-order chi connectivity index (χ0) is 13.8. The molecule has 1 saturated carbocycles. The van der Waals surface area contributed by atoms with Crippen molar-refractivity contribution < 1.29 is 4.39 Å². The van der Waals surface area contributed by atoms with Crippen molar-refractivity contribution >= 4 is 0 Å². The lowest BCUT2D eigenvalue weighted by molar-refractivity contribution is 0.234. The van der Waals surface area contributed by atoms with E-state index in [0.29, 0.717) is 23.8 Å². The number of rotatable bonds is 4. The zero-order valence-electron chi connectivity index (χ0n) is 12.3. The second kappa shape index (κ2) is 6.51. The van der Waals surface area contributed by atoms with Crippen molar-refractivity contribution in [3.8, 4) is 0 Å². The molecular weight excluding hydrogens is 237 g/mol. The molecule has 1 fully saturated rings. The standard InChI is InChI=1S/C17H26FN/c1-12(2)19-11-14-9-8-13(3)10-16(14)15-6-4-5-7-17(15)18/h4-7,12-14,16,19H,8-11H2,1-3H3. The average molecular weight is 263 g/mol. The molecule has 0 bridgehead atoms. The van der Waals surface area contributed by atoms with Crippen LogP contribution in [0.4, 0.5) is 4.39 Å². The fraction of sp³-hybridized carbons (Fsp3) is 0.647. The summed E-state index contributed by atoms with van der Waals surface area (Å²) in [4.78, 5) is 0. The first-order valence-electron chi connectivity index (χ1n) is 7.55.